The standard InChI is InChI=1S/C28H38O3.C4H8.C2H6/c1-20(2)6-7-21(3)22(4)16-25-9-10-26(17-23(25)5)28-11-8-24(12-14-29)18-27(28)13-15-31-19-30;1-4(2)3;1-2/h8-11,16-21,29H,6-7,12-15H2,1-5H3;1H2,2-3H3;1-2H3/b22-16+;;. The molecule has 0 heterocycles. The monoisotopic (exact) mass is 508 g/mol. The van der Waals surface area contributed by atoms with Crippen molar-refractivity contribution in [1.29, 1.82) is 0 Å². The molecule has 1 atom stereocenters. The molecule has 3 heteroatoms. The second-order valence-electron chi connectivity index (χ2n) is 10.2. The van der Waals surface area contributed by atoms with Crippen molar-refractivity contribution in [1.82, 2.24) is 0 Å². The average Bonchev–Trinajstić information content (AvgIpc) is 2.85. The molecule has 206 valence electrons. The van der Waals surface area contributed by atoms with Crippen molar-refractivity contribution in [2.24, 2.45) is 11.8 Å². The lowest BCUT2D eigenvalue weighted by Crippen LogP contribution is -2.01. The van der Waals surface area contributed by atoms with Gasteiger partial charge in [0, 0.05) is 13.0 Å². The van der Waals surface area contributed by atoms with Gasteiger partial charge in [0.1, 0.15) is 0 Å². The first-order chi connectivity index (χ1) is 17.6. The number of hydrogen-bond donors (Lipinski definition) is 1. The quantitative estimate of drug-likeness (QED) is 0.177. The number of aliphatic hydroxyl groups is 1. The number of rotatable bonds is 12. The minimum absolute atomic E-state index is 0.124. The Balaban J connectivity index is 0.00000196. The fourth-order valence-electron chi connectivity index (χ4n) is 3.84. The summed E-state index contributed by atoms with van der Waals surface area (Å²) in [6, 6.07) is 12.9. The molecule has 3 nitrogen and oxygen atoms in total. The van der Waals surface area contributed by atoms with E-state index in [1.54, 1.807) is 0 Å². The van der Waals surface area contributed by atoms with Gasteiger partial charge in [-0.15, -0.1) is 6.58 Å². The van der Waals surface area contributed by atoms with E-state index in [0.29, 0.717) is 31.8 Å². The van der Waals surface area contributed by atoms with Crippen molar-refractivity contribution < 1.29 is 14.6 Å². The van der Waals surface area contributed by atoms with E-state index in [1.807, 2.05) is 27.7 Å². The van der Waals surface area contributed by atoms with Crippen LogP contribution in [-0.4, -0.2) is 24.8 Å². The third kappa shape index (κ3) is 14.0. The van der Waals surface area contributed by atoms with E-state index in [4.69, 9.17) is 4.74 Å². The van der Waals surface area contributed by atoms with Gasteiger partial charge in [0.2, 0.25) is 0 Å². The molecule has 0 aliphatic heterocycles. The predicted molar refractivity (Wildman–Crippen MR) is 162 cm³/mol. The number of carbonyl (C=O) groups excluding carboxylic acids is 1. The molecule has 1 unspecified atom stereocenters. The molecule has 2 aromatic carbocycles. The Morgan fingerprint density at radius 2 is 1.65 bits per heavy atom. The summed E-state index contributed by atoms with van der Waals surface area (Å²) in [5, 5.41) is 9.27. The van der Waals surface area contributed by atoms with Crippen molar-refractivity contribution in [2.45, 2.75) is 88.0 Å². The van der Waals surface area contributed by atoms with E-state index in [1.165, 1.54) is 35.1 Å². The summed E-state index contributed by atoms with van der Waals surface area (Å²) in [5.74, 6) is 1.33. The highest BCUT2D eigenvalue weighted by Crippen LogP contribution is 2.29. The number of carbonyl (C=O) groups is 1. The highest BCUT2D eigenvalue weighted by Gasteiger charge is 2.10. The normalized spacial score (nSPS) is 11.6. The number of hydrogen-bond acceptors (Lipinski definition) is 3. The molecule has 2 aromatic rings. The molecule has 0 bridgehead atoms. The topological polar surface area (TPSA) is 46.5 Å². The molecule has 2 rings (SSSR count). The van der Waals surface area contributed by atoms with Gasteiger partial charge in [-0.05, 0) is 85.8 Å². The van der Waals surface area contributed by atoms with E-state index in [-0.39, 0.29) is 6.61 Å². The second kappa shape index (κ2) is 19.5. The van der Waals surface area contributed by atoms with Crippen LogP contribution in [0.1, 0.15) is 90.5 Å². The Morgan fingerprint density at radius 1 is 1.00 bits per heavy atom. The number of aliphatic hydroxyl groups excluding tert-OH is 1. The fourth-order valence-corrected chi connectivity index (χ4v) is 3.84. The number of allylic oxidation sites excluding steroid dienone is 2. The van der Waals surface area contributed by atoms with Crippen molar-refractivity contribution in [3.63, 3.8) is 0 Å². The summed E-state index contributed by atoms with van der Waals surface area (Å²) >= 11 is 0. The summed E-state index contributed by atoms with van der Waals surface area (Å²) in [6.07, 6.45) is 6.09. The van der Waals surface area contributed by atoms with Gasteiger partial charge in [-0.3, -0.25) is 4.79 Å². The van der Waals surface area contributed by atoms with Crippen molar-refractivity contribution in [3.05, 3.63) is 76.4 Å². The van der Waals surface area contributed by atoms with Crippen LogP contribution in [-0.2, 0) is 22.4 Å². The molecule has 0 aliphatic carbocycles. The van der Waals surface area contributed by atoms with E-state index in [9.17, 15) is 9.90 Å². The van der Waals surface area contributed by atoms with Crippen LogP contribution < -0.4 is 0 Å². The van der Waals surface area contributed by atoms with Crippen LogP contribution in [0.2, 0.25) is 0 Å². The lowest BCUT2D eigenvalue weighted by molar-refractivity contribution is -0.128. The number of ether oxygens (including phenoxy) is 1. The van der Waals surface area contributed by atoms with Crippen LogP contribution in [0.15, 0.2) is 54.1 Å². The van der Waals surface area contributed by atoms with Gasteiger partial charge in [0.05, 0.1) is 6.61 Å². The molecule has 0 radical (unpaired) electrons. The summed E-state index contributed by atoms with van der Waals surface area (Å²) in [7, 11) is 0. The predicted octanol–water partition coefficient (Wildman–Crippen LogP) is 9.00. The molecule has 0 aromatic heterocycles. The third-order valence-electron chi connectivity index (χ3n) is 6.05. The lowest BCUT2D eigenvalue weighted by Gasteiger charge is -2.16. The first-order valence-corrected chi connectivity index (χ1v) is 13.8. The van der Waals surface area contributed by atoms with Crippen LogP contribution >= 0.6 is 0 Å². The van der Waals surface area contributed by atoms with Crippen LogP contribution in [0, 0.1) is 18.8 Å². The van der Waals surface area contributed by atoms with Gasteiger partial charge in [-0.2, -0.15) is 0 Å². The maximum Gasteiger partial charge on any atom is 0.293 e. The summed E-state index contributed by atoms with van der Waals surface area (Å²) in [5.41, 5.74) is 9.65. The molecule has 0 aliphatic rings. The Kier molecular flexibility index (Phi) is 18.1. The zero-order valence-corrected chi connectivity index (χ0v) is 25.0. The van der Waals surface area contributed by atoms with E-state index < -0.39 is 0 Å². The molecular weight excluding hydrogens is 456 g/mol. The maximum absolute atomic E-state index is 10.6. The van der Waals surface area contributed by atoms with Crippen LogP contribution in [0.4, 0.5) is 0 Å². The molecule has 0 spiro atoms. The average molecular weight is 509 g/mol. The van der Waals surface area contributed by atoms with Gasteiger partial charge in [0.25, 0.3) is 6.47 Å². The smallest absolute Gasteiger partial charge is 0.293 e. The summed E-state index contributed by atoms with van der Waals surface area (Å²) in [4.78, 5) is 10.6. The largest absolute Gasteiger partial charge is 0.468 e. The minimum atomic E-state index is 0.124. The molecular formula is C34H52O3. The van der Waals surface area contributed by atoms with Crippen molar-refractivity contribution >= 4 is 12.5 Å². The van der Waals surface area contributed by atoms with Crippen molar-refractivity contribution in [3.8, 4) is 11.1 Å². The van der Waals surface area contributed by atoms with Gasteiger partial charge in [-0.25, -0.2) is 0 Å². The van der Waals surface area contributed by atoms with Crippen molar-refractivity contribution in [2.75, 3.05) is 13.2 Å². The first kappa shape index (κ1) is 34.4. The van der Waals surface area contributed by atoms with E-state index in [2.05, 4.69) is 83.7 Å². The van der Waals surface area contributed by atoms with Gasteiger partial charge in [0.15, 0.2) is 0 Å². The molecule has 37 heavy (non-hydrogen) atoms. The van der Waals surface area contributed by atoms with Gasteiger partial charge < -0.3 is 9.84 Å². The Bertz CT molecular complexity index is 965. The zero-order valence-electron chi connectivity index (χ0n) is 25.0. The fraction of sp³-hybridized carbons (Fsp3) is 0.500. The van der Waals surface area contributed by atoms with Crippen LogP contribution in [0.5, 0.6) is 0 Å². The lowest BCUT2D eigenvalue weighted by atomic mass is 9.90. The minimum Gasteiger partial charge on any atom is -0.468 e. The number of benzene rings is 2. The Labute approximate surface area is 227 Å². The molecule has 0 saturated heterocycles. The number of aryl methyl sites for hydroxylation is 1. The first-order valence-electron chi connectivity index (χ1n) is 13.8. The zero-order chi connectivity index (χ0) is 28.4. The summed E-state index contributed by atoms with van der Waals surface area (Å²) in [6.45, 7) is 23.8. The highest BCUT2D eigenvalue weighted by atomic mass is 16.5. The van der Waals surface area contributed by atoms with Gasteiger partial charge >= 0.3 is 0 Å². The molecule has 0 amide bonds. The molecule has 1 N–H and O–H groups in total. The third-order valence-corrected chi connectivity index (χ3v) is 6.05. The van der Waals surface area contributed by atoms with E-state index in [0.717, 1.165) is 28.2 Å². The maximum atomic E-state index is 10.6. The van der Waals surface area contributed by atoms with Crippen LogP contribution in [0.25, 0.3) is 17.2 Å². The second-order valence-corrected chi connectivity index (χ2v) is 10.2. The molecule has 0 fully saturated rings. The SMILES string of the molecule is C/C(=C\c1ccc(-c2ccc(CCO)cc2CCOC=O)cc1C)C(C)CCC(C)C.C=C(C)C.CC. The van der Waals surface area contributed by atoms with E-state index >= 15 is 0 Å². The van der Waals surface area contributed by atoms with Gasteiger partial charge in [-0.1, -0.05) is 94.7 Å². The molecule has 0 saturated carbocycles. The Hall–Kier alpha value is -2.65. The highest BCUT2D eigenvalue weighted by molar-refractivity contribution is 5.71. The van der Waals surface area contributed by atoms with Crippen LogP contribution in [0.3, 0.4) is 0 Å². The summed E-state index contributed by atoms with van der Waals surface area (Å²) < 4.78 is 4.93. The Morgan fingerprint density at radius 3 is 2.19 bits per heavy atom.